The predicted octanol–water partition coefficient (Wildman–Crippen LogP) is 1.17. The standard InChI is InChI=1S/C18H15ClN6O4/c1-22-13-14(23(2)18(29)24(3)15(13)26)20-17(22)25-12(8-11(21-25)16(27)28)9-4-6-10(19)7-5-9/h4-8H,1-3H3,(H,27,28). The lowest BCUT2D eigenvalue weighted by Crippen LogP contribution is -2.37. The first kappa shape index (κ1) is 18.7. The summed E-state index contributed by atoms with van der Waals surface area (Å²) in [6, 6.07) is 8.19. The fourth-order valence-electron chi connectivity index (χ4n) is 3.16. The summed E-state index contributed by atoms with van der Waals surface area (Å²) < 4.78 is 5.05. The molecule has 29 heavy (non-hydrogen) atoms. The Kier molecular flexibility index (Phi) is 4.16. The van der Waals surface area contributed by atoms with Crippen LogP contribution >= 0.6 is 11.6 Å². The highest BCUT2D eigenvalue weighted by Crippen LogP contribution is 2.26. The van der Waals surface area contributed by atoms with Gasteiger partial charge in [0.25, 0.3) is 5.56 Å². The molecule has 3 aromatic heterocycles. The van der Waals surface area contributed by atoms with Crippen LogP contribution in [-0.4, -0.2) is 39.5 Å². The molecule has 1 N–H and O–H groups in total. The molecule has 0 unspecified atom stereocenters. The van der Waals surface area contributed by atoms with Crippen molar-refractivity contribution in [1.82, 2.24) is 28.5 Å². The lowest BCUT2D eigenvalue weighted by molar-refractivity contribution is 0.0690. The molecule has 4 rings (SSSR count). The first-order valence-corrected chi connectivity index (χ1v) is 8.80. The third-order valence-electron chi connectivity index (χ3n) is 4.71. The highest BCUT2D eigenvalue weighted by molar-refractivity contribution is 6.30. The summed E-state index contributed by atoms with van der Waals surface area (Å²) in [7, 11) is 4.49. The van der Waals surface area contributed by atoms with Gasteiger partial charge in [0.2, 0.25) is 5.95 Å². The average molecular weight is 415 g/mol. The molecule has 0 bridgehead atoms. The van der Waals surface area contributed by atoms with Crippen molar-refractivity contribution in [1.29, 1.82) is 0 Å². The molecule has 0 aliphatic carbocycles. The second-order valence-electron chi connectivity index (χ2n) is 6.49. The van der Waals surface area contributed by atoms with Gasteiger partial charge in [0.05, 0.1) is 5.69 Å². The summed E-state index contributed by atoms with van der Waals surface area (Å²) in [6.07, 6.45) is 0. The van der Waals surface area contributed by atoms with Crippen LogP contribution in [0, 0.1) is 0 Å². The highest BCUT2D eigenvalue weighted by atomic mass is 35.5. The first-order valence-electron chi connectivity index (χ1n) is 8.42. The molecule has 3 heterocycles. The molecule has 10 nitrogen and oxygen atoms in total. The zero-order valence-corrected chi connectivity index (χ0v) is 16.4. The number of rotatable bonds is 3. The van der Waals surface area contributed by atoms with E-state index in [1.54, 1.807) is 31.3 Å². The monoisotopic (exact) mass is 414 g/mol. The largest absolute Gasteiger partial charge is 0.476 e. The molecule has 0 fully saturated rings. The molecule has 11 heteroatoms. The zero-order valence-electron chi connectivity index (χ0n) is 15.6. The van der Waals surface area contributed by atoms with Crippen molar-refractivity contribution in [2.24, 2.45) is 21.1 Å². The number of aromatic nitrogens is 6. The number of hydrogen-bond donors (Lipinski definition) is 1. The van der Waals surface area contributed by atoms with E-state index in [1.807, 2.05) is 0 Å². The number of aromatic carboxylic acids is 1. The number of imidazole rings is 1. The molecule has 0 spiro atoms. The van der Waals surface area contributed by atoms with Crippen LogP contribution in [0.4, 0.5) is 0 Å². The number of halogens is 1. The van der Waals surface area contributed by atoms with Crippen LogP contribution < -0.4 is 11.2 Å². The van der Waals surface area contributed by atoms with Gasteiger partial charge >= 0.3 is 11.7 Å². The van der Waals surface area contributed by atoms with Crippen molar-refractivity contribution in [3.05, 3.63) is 61.9 Å². The van der Waals surface area contributed by atoms with Crippen molar-refractivity contribution in [3.63, 3.8) is 0 Å². The van der Waals surface area contributed by atoms with Gasteiger partial charge in [-0.1, -0.05) is 23.7 Å². The highest BCUT2D eigenvalue weighted by Gasteiger charge is 2.23. The molecule has 0 amide bonds. The van der Waals surface area contributed by atoms with E-state index >= 15 is 0 Å². The third kappa shape index (κ3) is 2.76. The number of carboxylic acids is 1. The van der Waals surface area contributed by atoms with Crippen molar-refractivity contribution in [3.8, 4) is 17.2 Å². The summed E-state index contributed by atoms with van der Waals surface area (Å²) in [5, 5.41) is 14.1. The quantitative estimate of drug-likeness (QED) is 0.538. The Hall–Kier alpha value is -3.66. The predicted molar refractivity (Wildman–Crippen MR) is 106 cm³/mol. The van der Waals surface area contributed by atoms with Crippen LogP contribution in [-0.2, 0) is 21.1 Å². The summed E-state index contributed by atoms with van der Waals surface area (Å²) in [4.78, 5) is 40.8. The Balaban J connectivity index is 2.07. The van der Waals surface area contributed by atoms with Crippen molar-refractivity contribution in [2.75, 3.05) is 0 Å². The number of carbonyl (C=O) groups is 1. The maximum atomic E-state index is 12.6. The van der Waals surface area contributed by atoms with Crippen LogP contribution in [0.1, 0.15) is 10.5 Å². The smallest absolute Gasteiger partial charge is 0.356 e. The minimum absolute atomic E-state index is 0.171. The van der Waals surface area contributed by atoms with E-state index in [0.29, 0.717) is 16.3 Å². The minimum atomic E-state index is -1.21. The Morgan fingerprint density at radius 1 is 1.03 bits per heavy atom. The van der Waals surface area contributed by atoms with Gasteiger partial charge < -0.3 is 9.67 Å². The van der Waals surface area contributed by atoms with E-state index in [-0.39, 0.29) is 22.8 Å². The van der Waals surface area contributed by atoms with Crippen LogP contribution in [0.25, 0.3) is 28.4 Å². The second-order valence-corrected chi connectivity index (χ2v) is 6.92. The van der Waals surface area contributed by atoms with E-state index in [1.165, 1.54) is 34.0 Å². The third-order valence-corrected chi connectivity index (χ3v) is 4.96. The van der Waals surface area contributed by atoms with E-state index in [4.69, 9.17) is 11.6 Å². The molecular weight excluding hydrogens is 400 g/mol. The summed E-state index contributed by atoms with van der Waals surface area (Å²) in [6.45, 7) is 0. The summed E-state index contributed by atoms with van der Waals surface area (Å²) in [5.74, 6) is -1.02. The number of benzene rings is 1. The van der Waals surface area contributed by atoms with Crippen molar-refractivity contribution >= 4 is 28.7 Å². The lowest BCUT2D eigenvalue weighted by Gasteiger charge is -2.07. The van der Waals surface area contributed by atoms with E-state index in [0.717, 1.165) is 4.57 Å². The molecule has 1 aromatic carbocycles. The van der Waals surface area contributed by atoms with Gasteiger partial charge in [0.15, 0.2) is 16.9 Å². The summed E-state index contributed by atoms with van der Waals surface area (Å²) >= 11 is 5.95. The van der Waals surface area contributed by atoms with Gasteiger partial charge in [-0.2, -0.15) is 14.8 Å². The average Bonchev–Trinajstić information content (AvgIpc) is 3.27. The normalized spacial score (nSPS) is 11.3. The molecule has 0 aliphatic rings. The Morgan fingerprint density at radius 2 is 1.69 bits per heavy atom. The van der Waals surface area contributed by atoms with Gasteiger partial charge in [0.1, 0.15) is 0 Å². The molecule has 0 radical (unpaired) electrons. The Labute approximate surface area is 167 Å². The van der Waals surface area contributed by atoms with Crippen molar-refractivity contribution < 1.29 is 9.90 Å². The molecule has 0 saturated carbocycles. The number of hydrogen-bond acceptors (Lipinski definition) is 5. The topological polar surface area (TPSA) is 117 Å². The molecule has 148 valence electrons. The van der Waals surface area contributed by atoms with Crippen LogP contribution in [0.3, 0.4) is 0 Å². The Morgan fingerprint density at radius 3 is 2.31 bits per heavy atom. The maximum Gasteiger partial charge on any atom is 0.356 e. The fourth-order valence-corrected chi connectivity index (χ4v) is 3.29. The lowest BCUT2D eigenvalue weighted by atomic mass is 10.1. The maximum absolute atomic E-state index is 12.6. The van der Waals surface area contributed by atoms with Gasteiger partial charge in [-0.15, -0.1) is 0 Å². The minimum Gasteiger partial charge on any atom is -0.476 e. The fraction of sp³-hybridized carbons (Fsp3) is 0.167. The molecule has 4 aromatic rings. The second kappa shape index (κ2) is 6.45. The van der Waals surface area contributed by atoms with Crippen LogP contribution in [0.2, 0.25) is 5.02 Å². The number of fused-ring (bicyclic) bond motifs is 1. The molecule has 0 saturated heterocycles. The first-order chi connectivity index (χ1) is 13.7. The molecular formula is C18H15ClN6O4. The van der Waals surface area contributed by atoms with Gasteiger partial charge in [-0.3, -0.25) is 13.9 Å². The van der Waals surface area contributed by atoms with E-state index in [9.17, 15) is 19.5 Å². The summed E-state index contributed by atoms with van der Waals surface area (Å²) in [5.41, 5.74) is 0.246. The Bertz CT molecular complexity index is 1410. The molecule has 0 atom stereocenters. The SMILES string of the molecule is Cn1c(=O)c2c(nc(-n3nc(C(=O)O)cc3-c3ccc(Cl)cc3)n2C)n(C)c1=O. The number of nitrogens with zero attached hydrogens (tertiary/aromatic N) is 6. The van der Waals surface area contributed by atoms with Crippen LogP contribution in [0.15, 0.2) is 39.9 Å². The van der Waals surface area contributed by atoms with Crippen LogP contribution in [0.5, 0.6) is 0 Å². The molecule has 0 aliphatic heterocycles. The van der Waals surface area contributed by atoms with Gasteiger partial charge in [-0.05, 0) is 18.2 Å². The van der Waals surface area contributed by atoms with Gasteiger partial charge in [0, 0.05) is 31.7 Å². The van der Waals surface area contributed by atoms with E-state index in [2.05, 4.69) is 10.1 Å². The van der Waals surface area contributed by atoms with E-state index < -0.39 is 17.2 Å². The number of carboxylic acid groups (broad SMARTS) is 1. The zero-order chi connectivity index (χ0) is 21.0. The van der Waals surface area contributed by atoms with Crippen molar-refractivity contribution in [2.45, 2.75) is 0 Å². The number of aryl methyl sites for hydroxylation is 2. The van der Waals surface area contributed by atoms with Gasteiger partial charge in [-0.25, -0.2) is 9.59 Å².